The molecule has 0 unspecified atom stereocenters. The molecule has 0 fully saturated rings. The van der Waals surface area contributed by atoms with Crippen molar-refractivity contribution < 1.29 is 14.2 Å². The van der Waals surface area contributed by atoms with E-state index in [1.54, 1.807) is 0 Å². The van der Waals surface area contributed by atoms with Gasteiger partial charge in [0.15, 0.2) is 0 Å². The number of unbranched alkanes of at least 4 members (excludes halogenated alkanes) is 9. The highest BCUT2D eigenvalue weighted by Crippen LogP contribution is 2.25. The fraction of sp³-hybridized carbons (Fsp3) is 0.548. The first-order chi connectivity index (χ1) is 16.7. The Morgan fingerprint density at radius 1 is 0.647 bits per heavy atom. The van der Waals surface area contributed by atoms with Crippen molar-refractivity contribution in [2.45, 2.75) is 84.5 Å². The van der Waals surface area contributed by atoms with Gasteiger partial charge in [0.2, 0.25) is 0 Å². The molecular weight excluding hydrogens is 420 g/mol. The fourth-order valence-corrected chi connectivity index (χ4v) is 3.82. The average Bonchev–Trinajstić information content (AvgIpc) is 2.88. The van der Waals surface area contributed by atoms with Crippen LogP contribution in [0.2, 0.25) is 0 Å². The Kier molecular flexibility index (Phi) is 14.7. The lowest BCUT2D eigenvalue weighted by Gasteiger charge is -2.11. The average molecular weight is 467 g/mol. The second kappa shape index (κ2) is 18.0. The lowest BCUT2D eigenvalue weighted by molar-refractivity contribution is 0.241. The first kappa shape index (κ1) is 27.8. The van der Waals surface area contributed by atoms with E-state index in [0.717, 1.165) is 50.6 Å². The zero-order valence-corrected chi connectivity index (χ0v) is 21.6. The molecule has 0 amide bonds. The van der Waals surface area contributed by atoms with Gasteiger partial charge in [-0.3, -0.25) is 0 Å². The maximum absolute atomic E-state index is 5.94. The molecule has 0 aromatic heterocycles. The number of ether oxygens (including phenoxy) is 3. The van der Waals surface area contributed by atoms with Crippen molar-refractivity contribution in [2.75, 3.05) is 19.8 Å². The summed E-state index contributed by atoms with van der Waals surface area (Å²) in [5.74, 6) is 2.48. The monoisotopic (exact) mass is 466 g/mol. The third kappa shape index (κ3) is 12.2. The van der Waals surface area contributed by atoms with E-state index in [-0.39, 0.29) is 0 Å². The molecule has 0 heterocycles. The van der Waals surface area contributed by atoms with Gasteiger partial charge in [-0.2, -0.15) is 0 Å². The molecule has 0 aliphatic carbocycles. The summed E-state index contributed by atoms with van der Waals surface area (Å²) in [6.45, 7) is 10.4. The highest BCUT2D eigenvalue weighted by atomic mass is 16.5. The van der Waals surface area contributed by atoms with Crippen molar-refractivity contribution in [2.24, 2.45) is 5.92 Å². The van der Waals surface area contributed by atoms with E-state index in [0.29, 0.717) is 5.92 Å². The topological polar surface area (TPSA) is 27.7 Å². The van der Waals surface area contributed by atoms with Crippen LogP contribution in [0.5, 0.6) is 11.5 Å². The zero-order chi connectivity index (χ0) is 24.3. The first-order valence-corrected chi connectivity index (χ1v) is 13.4. The van der Waals surface area contributed by atoms with Crippen LogP contribution in [-0.4, -0.2) is 19.8 Å². The molecule has 0 saturated heterocycles. The van der Waals surface area contributed by atoms with Gasteiger partial charge < -0.3 is 14.2 Å². The number of rotatable bonds is 20. The van der Waals surface area contributed by atoms with Gasteiger partial charge in [0, 0.05) is 0 Å². The van der Waals surface area contributed by atoms with E-state index in [1.165, 1.54) is 68.8 Å². The summed E-state index contributed by atoms with van der Waals surface area (Å²) in [5, 5.41) is 0. The molecule has 3 nitrogen and oxygen atoms in total. The lowest BCUT2D eigenvalue weighted by atomic mass is 10.1. The molecule has 3 heteroatoms. The van der Waals surface area contributed by atoms with Crippen molar-refractivity contribution in [1.82, 2.24) is 0 Å². The van der Waals surface area contributed by atoms with Crippen LogP contribution in [0.15, 0.2) is 61.4 Å². The van der Waals surface area contributed by atoms with Crippen LogP contribution in [0.3, 0.4) is 0 Å². The van der Waals surface area contributed by atoms with Crippen molar-refractivity contribution in [3.05, 3.63) is 61.4 Å². The highest BCUT2D eigenvalue weighted by molar-refractivity contribution is 5.64. The minimum atomic E-state index is 0.584. The molecular formula is C31H46O3. The summed E-state index contributed by atoms with van der Waals surface area (Å²) in [4.78, 5) is 0. The fourth-order valence-electron chi connectivity index (χ4n) is 3.82. The van der Waals surface area contributed by atoms with Gasteiger partial charge in [0.25, 0.3) is 0 Å². The van der Waals surface area contributed by atoms with E-state index >= 15 is 0 Å². The predicted octanol–water partition coefficient (Wildman–Crippen LogP) is 9.22. The van der Waals surface area contributed by atoms with Crippen molar-refractivity contribution >= 4 is 0 Å². The Morgan fingerprint density at radius 3 is 1.56 bits per heavy atom. The van der Waals surface area contributed by atoms with E-state index in [9.17, 15) is 0 Å². The molecule has 2 aromatic carbocycles. The number of hydrogen-bond donors (Lipinski definition) is 0. The van der Waals surface area contributed by atoms with Gasteiger partial charge in [-0.1, -0.05) is 102 Å². The van der Waals surface area contributed by atoms with Gasteiger partial charge in [0.05, 0.1) is 26.1 Å². The summed E-state index contributed by atoms with van der Waals surface area (Å²) >= 11 is 0. The third-order valence-electron chi connectivity index (χ3n) is 6.32. The van der Waals surface area contributed by atoms with Crippen LogP contribution in [-0.2, 0) is 4.74 Å². The maximum atomic E-state index is 5.94. The van der Waals surface area contributed by atoms with Gasteiger partial charge in [-0.15, -0.1) is 0 Å². The summed E-state index contributed by atoms with van der Waals surface area (Å²) < 4.78 is 16.9. The highest BCUT2D eigenvalue weighted by Gasteiger charge is 2.03. The van der Waals surface area contributed by atoms with E-state index in [2.05, 4.69) is 69.0 Å². The third-order valence-corrected chi connectivity index (χ3v) is 6.32. The van der Waals surface area contributed by atoms with Crippen molar-refractivity contribution in [1.29, 1.82) is 0 Å². The summed E-state index contributed by atoms with van der Waals surface area (Å²) in [7, 11) is 0. The first-order valence-electron chi connectivity index (χ1n) is 13.4. The van der Waals surface area contributed by atoms with E-state index in [1.807, 2.05) is 0 Å². The quantitative estimate of drug-likeness (QED) is 0.144. The Hall–Kier alpha value is -2.42. The molecule has 2 rings (SSSR count). The van der Waals surface area contributed by atoms with Crippen LogP contribution in [0, 0.1) is 5.92 Å². The summed E-state index contributed by atoms with van der Waals surface area (Å²) in [6.07, 6.45) is 15.5. The van der Waals surface area contributed by atoms with Crippen molar-refractivity contribution in [3.8, 4) is 22.6 Å². The van der Waals surface area contributed by atoms with Gasteiger partial charge in [-0.05, 0) is 54.2 Å². The molecule has 1 atom stereocenters. The lowest BCUT2D eigenvalue weighted by Crippen LogP contribution is -2.06. The number of hydrogen-bond acceptors (Lipinski definition) is 3. The summed E-state index contributed by atoms with van der Waals surface area (Å²) in [5.41, 5.74) is 2.40. The Bertz CT molecular complexity index is 751. The minimum absolute atomic E-state index is 0.584. The Morgan fingerprint density at radius 2 is 1.09 bits per heavy atom. The molecule has 188 valence electrons. The van der Waals surface area contributed by atoms with Gasteiger partial charge in [-0.25, -0.2) is 0 Å². The van der Waals surface area contributed by atoms with Crippen molar-refractivity contribution in [3.63, 3.8) is 0 Å². The minimum Gasteiger partial charge on any atom is -0.502 e. The van der Waals surface area contributed by atoms with Crippen LogP contribution in [0.4, 0.5) is 0 Å². The Balaban J connectivity index is 1.51. The molecule has 0 aliphatic heterocycles. The smallest absolute Gasteiger partial charge is 0.119 e. The van der Waals surface area contributed by atoms with Gasteiger partial charge in [0.1, 0.15) is 11.5 Å². The predicted molar refractivity (Wildman–Crippen MR) is 145 cm³/mol. The van der Waals surface area contributed by atoms with E-state index < -0.39 is 0 Å². The second-order valence-corrected chi connectivity index (χ2v) is 9.29. The second-order valence-electron chi connectivity index (χ2n) is 9.29. The van der Waals surface area contributed by atoms with Crippen LogP contribution >= 0.6 is 0 Å². The van der Waals surface area contributed by atoms with Crippen LogP contribution < -0.4 is 9.47 Å². The van der Waals surface area contributed by atoms with Crippen LogP contribution in [0.25, 0.3) is 11.1 Å². The number of benzene rings is 2. The van der Waals surface area contributed by atoms with Gasteiger partial charge >= 0.3 is 0 Å². The molecule has 0 bridgehead atoms. The van der Waals surface area contributed by atoms with E-state index in [4.69, 9.17) is 14.2 Å². The standard InChI is InChI=1S/C31H46O3/c1-4-27(3)26-34-31-22-18-29(19-23-31)28-16-20-30(21-17-28)33-25-15-13-11-9-7-6-8-10-12-14-24-32-5-2/h5,16-23,27H,2,4,6-15,24-26H2,1,3H3/t27-/m0/s1. The molecule has 0 aliphatic rings. The SMILES string of the molecule is C=COCCCCCCCCCCCCOc1ccc(-c2ccc(OC[C@@H](C)CC)cc2)cc1. The molecule has 0 saturated carbocycles. The molecule has 0 radical (unpaired) electrons. The molecule has 2 aromatic rings. The maximum Gasteiger partial charge on any atom is 0.119 e. The molecule has 0 spiro atoms. The molecule has 0 N–H and O–H groups in total. The Labute approximate surface area is 208 Å². The zero-order valence-electron chi connectivity index (χ0n) is 21.6. The molecule has 34 heavy (non-hydrogen) atoms. The van der Waals surface area contributed by atoms with Crippen LogP contribution in [0.1, 0.15) is 84.5 Å². The summed E-state index contributed by atoms with van der Waals surface area (Å²) in [6, 6.07) is 16.8. The largest absolute Gasteiger partial charge is 0.502 e. The normalized spacial score (nSPS) is 11.7.